The number of carbonyl (C=O) groups excluding carboxylic acids is 2. The molecule has 0 unspecified atom stereocenters. The molecule has 0 heterocycles. The molecule has 0 atom stereocenters. The van der Waals surface area contributed by atoms with Gasteiger partial charge in [0.05, 0.1) is 5.41 Å². The Morgan fingerprint density at radius 2 is 1.84 bits per heavy atom. The number of primary amides is 1. The Morgan fingerprint density at radius 3 is 2.44 bits per heavy atom. The van der Waals surface area contributed by atoms with Crippen molar-refractivity contribution in [3.63, 3.8) is 0 Å². The second-order valence-electron chi connectivity index (χ2n) is 6.51. The Labute approximate surface area is 155 Å². The first-order valence-electron chi connectivity index (χ1n) is 8.44. The van der Waals surface area contributed by atoms with Crippen LogP contribution in [-0.4, -0.2) is 18.4 Å². The lowest BCUT2D eigenvalue weighted by Crippen LogP contribution is -2.49. The third kappa shape index (κ3) is 3.76. The molecule has 3 rings (SSSR count). The van der Waals surface area contributed by atoms with Crippen molar-refractivity contribution in [2.45, 2.75) is 31.1 Å². The number of nitrogens with two attached hydrogens (primary N) is 1. The number of rotatable bonds is 6. The summed E-state index contributed by atoms with van der Waals surface area (Å²) in [6.07, 6.45) is 3.52. The van der Waals surface area contributed by atoms with Crippen LogP contribution in [0.5, 0.6) is 0 Å². The molecular formula is C20H21BrN2O2. The number of hydrogen-bond donors (Lipinski definition) is 2. The average molecular weight is 401 g/mol. The zero-order valence-electron chi connectivity index (χ0n) is 13.9. The van der Waals surface area contributed by atoms with Crippen LogP contribution in [0.25, 0.3) is 0 Å². The topological polar surface area (TPSA) is 72.2 Å². The second-order valence-corrected chi connectivity index (χ2v) is 7.43. The van der Waals surface area contributed by atoms with Crippen LogP contribution in [-0.2, 0) is 16.6 Å². The van der Waals surface area contributed by atoms with Crippen molar-refractivity contribution < 1.29 is 9.59 Å². The maximum absolute atomic E-state index is 12.8. The van der Waals surface area contributed by atoms with Crippen LogP contribution >= 0.6 is 15.9 Å². The summed E-state index contributed by atoms with van der Waals surface area (Å²) in [5.41, 5.74) is 7.47. The number of halogens is 1. The molecule has 0 radical (unpaired) electrons. The molecule has 0 saturated heterocycles. The van der Waals surface area contributed by atoms with E-state index in [0.29, 0.717) is 18.5 Å². The van der Waals surface area contributed by atoms with Crippen molar-refractivity contribution in [2.75, 3.05) is 6.54 Å². The summed E-state index contributed by atoms with van der Waals surface area (Å²) in [4.78, 5) is 24.0. The van der Waals surface area contributed by atoms with Gasteiger partial charge in [-0.3, -0.25) is 9.59 Å². The van der Waals surface area contributed by atoms with E-state index in [-0.39, 0.29) is 5.91 Å². The summed E-state index contributed by atoms with van der Waals surface area (Å²) in [6.45, 7) is 0.541. The van der Waals surface area contributed by atoms with Gasteiger partial charge in [-0.2, -0.15) is 0 Å². The highest BCUT2D eigenvalue weighted by atomic mass is 79.9. The smallest absolute Gasteiger partial charge is 0.248 e. The standard InChI is InChI=1S/C20H21BrN2O2/c21-17-7-5-16(6-8-17)20(10-2-11-20)19(25)23-12-9-14-3-1-4-15(13-14)18(22)24/h1,3-8,13H,2,9-12H2,(H2,22,24)(H,23,25). The van der Waals surface area contributed by atoms with Crippen LogP contribution in [0.3, 0.4) is 0 Å². The quantitative estimate of drug-likeness (QED) is 0.780. The Kier molecular flexibility index (Phi) is 5.23. The van der Waals surface area contributed by atoms with E-state index in [9.17, 15) is 9.59 Å². The fraction of sp³-hybridized carbons (Fsp3) is 0.300. The van der Waals surface area contributed by atoms with E-state index in [1.165, 1.54) is 0 Å². The van der Waals surface area contributed by atoms with E-state index in [4.69, 9.17) is 5.73 Å². The van der Waals surface area contributed by atoms with Gasteiger partial charge in [0.1, 0.15) is 0 Å². The monoisotopic (exact) mass is 400 g/mol. The van der Waals surface area contributed by atoms with Gasteiger partial charge < -0.3 is 11.1 Å². The van der Waals surface area contributed by atoms with Crippen LogP contribution < -0.4 is 11.1 Å². The Balaban J connectivity index is 1.62. The third-order valence-corrected chi connectivity index (χ3v) is 5.48. The molecule has 0 aliphatic heterocycles. The summed E-state index contributed by atoms with van der Waals surface area (Å²) in [5.74, 6) is -0.346. The highest BCUT2D eigenvalue weighted by molar-refractivity contribution is 9.10. The zero-order valence-corrected chi connectivity index (χ0v) is 15.5. The van der Waals surface area contributed by atoms with Crippen molar-refractivity contribution in [3.8, 4) is 0 Å². The van der Waals surface area contributed by atoms with E-state index in [2.05, 4.69) is 21.2 Å². The van der Waals surface area contributed by atoms with Gasteiger partial charge in [0.15, 0.2) is 0 Å². The van der Waals surface area contributed by atoms with Crippen LogP contribution in [0, 0.1) is 0 Å². The van der Waals surface area contributed by atoms with E-state index in [1.54, 1.807) is 12.1 Å². The van der Waals surface area contributed by atoms with Gasteiger partial charge in [0.25, 0.3) is 0 Å². The lowest BCUT2D eigenvalue weighted by atomic mass is 9.64. The fourth-order valence-electron chi connectivity index (χ4n) is 3.32. The highest BCUT2D eigenvalue weighted by Crippen LogP contribution is 2.44. The SMILES string of the molecule is NC(=O)c1cccc(CCNC(=O)C2(c3ccc(Br)cc3)CCC2)c1. The van der Waals surface area contributed by atoms with E-state index >= 15 is 0 Å². The molecule has 2 amide bonds. The normalized spacial score (nSPS) is 15.2. The zero-order chi connectivity index (χ0) is 17.9. The lowest BCUT2D eigenvalue weighted by Gasteiger charge is -2.40. The minimum Gasteiger partial charge on any atom is -0.366 e. The maximum Gasteiger partial charge on any atom is 0.248 e. The molecular weight excluding hydrogens is 380 g/mol. The molecule has 5 heteroatoms. The van der Waals surface area contributed by atoms with Crippen molar-refractivity contribution in [2.24, 2.45) is 5.73 Å². The third-order valence-electron chi connectivity index (χ3n) is 4.95. The molecule has 1 fully saturated rings. The van der Waals surface area contributed by atoms with Crippen LogP contribution in [0.2, 0.25) is 0 Å². The Bertz CT molecular complexity index is 783. The first kappa shape index (κ1) is 17.7. The molecule has 25 heavy (non-hydrogen) atoms. The van der Waals surface area contributed by atoms with E-state index in [0.717, 1.165) is 34.9 Å². The van der Waals surface area contributed by atoms with Crippen molar-refractivity contribution in [1.29, 1.82) is 0 Å². The molecule has 0 spiro atoms. The van der Waals surface area contributed by atoms with E-state index in [1.807, 2.05) is 36.4 Å². The summed E-state index contributed by atoms with van der Waals surface area (Å²) in [7, 11) is 0. The van der Waals surface area contributed by atoms with Crippen LogP contribution in [0.4, 0.5) is 0 Å². The molecule has 0 bridgehead atoms. The molecule has 1 saturated carbocycles. The molecule has 4 nitrogen and oxygen atoms in total. The van der Waals surface area contributed by atoms with Crippen LogP contribution in [0.15, 0.2) is 53.0 Å². The summed E-state index contributed by atoms with van der Waals surface area (Å²) < 4.78 is 1.01. The second kappa shape index (κ2) is 7.40. The van der Waals surface area contributed by atoms with Gasteiger partial charge >= 0.3 is 0 Å². The Hall–Kier alpha value is -2.14. The first-order valence-corrected chi connectivity index (χ1v) is 9.24. The summed E-state index contributed by atoms with van der Waals surface area (Å²) >= 11 is 3.44. The number of nitrogens with one attached hydrogen (secondary N) is 1. The van der Waals surface area contributed by atoms with Gasteiger partial charge in [0.2, 0.25) is 11.8 Å². The van der Waals surface area contributed by atoms with Gasteiger partial charge in [-0.15, -0.1) is 0 Å². The molecule has 2 aromatic rings. The van der Waals surface area contributed by atoms with Gasteiger partial charge in [-0.25, -0.2) is 0 Å². The minimum atomic E-state index is -0.436. The lowest BCUT2D eigenvalue weighted by molar-refractivity contribution is -0.129. The number of hydrogen-bond acceptors (Lipinski definition) is 2. The van der Waals surface area contributed by atoms with Gasteiger partial charge in [-0.1, -0.05) is 46.6 Å². The molecule has 130 valence electrons. The highest BCUT2D eigenvalue weighted by Gasteiger charge is 2.45. The minimum absolute atomic E-state index is 0.0899. The number of carbonyl (C=O) groups is 2. The summed E-state index contributed by atoms with van der Waals surface area (Å²) in [6, 6.07) is 15.2. The Morgan fingerprint density at radius 1 is 1.12 bits per heavy atom. The van der Waals surface area contributed by atoms with Crippen LogP contribution in [0.1, 0.15) is 40.7 Å². The number of amides is 2. The van der Waals surface area contributed by atoms with Crippen molar-refractivity contribution in [1.82, 2.24) is 5.32 Å². The van der Waals surface area contributed by atoms with Crippen molar-refractivity contribution in [3.05, 3.63) is 69.7 Å². The predicted molar refractivity (Wildman–Crippen MR) is 101 cm³/mol. The predicted octanol–water partition coefficient (Wildman–Crippen LogP) is 3.33. The van der Waals surface area contributed by atoms with Gasteiger partial charge in [0, 0.05) is 16.6 Å². The van der Waals surface area contributed by atoms with Gasteiger partial charge in [-0.05, 0) is 54.7 Å². The van der Waals surface area contributed by atoms with E-state index < -0.39 is 11.3 Å². The largest absolute Gasteiger partial charge is 0.366 e. The molecule has 3 N–H and O–H groups in total. The van der Waals surface area contributed by atoms with Crippen molar-refractivity contribution >= 4 is 27.7 Å². The molecule has 1 aliphatic carbocycles. The molecule has 1 aliphatic rings. The fourth-order valence-corrected chi connectivity index (χ4v) is 3.58. The number of benzene rings is 2. The summed E-state index contributed by atoms with van der Waals surface area (Å²) in [5, 5.41) is 3.07. The maximum atomic E-state index is 12.8. The first-order chi connectivity index (χ1) is 12.0. The average Bonchev–Trinajstić information content (AvgIpc) is 2.56. The molecule has 0 aromatic heterocycles. The molecule has 2 aromatic carbocycles.